The van der Waals surface area contributed by atoms with Gasteiger partial charge in [-0.25, -0.2) is 4.98 Å². The van der Waals surface area contributed by atoms with Crippen LogP contribution in [0.4, 0.5) is 5.13 Å². The average Bonchev–Trinajstić information content (AvgIpc) is 2.96. The van der Waals surface area contributed by atoms with E-state index in [-0.39, 0.29) is 12.5 Å². The Balaban J connectivity index is 1.61. The van der Waals surface area contributed by atoms with Crippen LogP contribution in [0.15, 0.2) is 42.5 Å². The van der Waals surface area contributed by atoms with Crippen LogP contribution in [0, 0.1) is 6.92 Å². The van der Waals surface area contributed by atoms with Crippen LogP contribution in [-0.2, 0) is 4.79 Å². The van der Waals surface area contributed by atoms with E-state index in [1.807, 2.05) is 56.3 Å². The first kappa shape index (κ1) is 16.3. The highest BCUT2D eigenvalue weighted by Crippen LogP contribution is 2.29. The highest BCUT2D eigenvalue weighted by atomic mass is 32.1. The predicted octanol–water partition coefficient (Wildman–Crippen LogP) is 4.02. The number of nitrogens with zero attached hydrogens (tertiary/aromatic N) is 1. The van der Waals surface area contributed by atoms with Gasteiger partial charge >= 0.3 is 0 Å². The van der Waals surface area contributed by atoms with E-state index in [0.717, 1.165) is 21.5 Å². The molecule has 6 heteroatoms. The quantitative estimate of drug-likeness (QED) is 0.735. The third-order valence-corrected chi connectivity index (χ3v) is 4.24. The summed E-state index contributed by atoms with van der Waals surface area (Å²) in [4.78, 5) is 16.4. The van der Waals surface area contributed by atoms with Gasteiger partial charge < -0.3 is 9.47 Å². The minimum absolute atomic E-state index is 0.0524. The lowest BCUT2D eigenvalue weighted by Gasteiger charge is -2.05. The molecule has 0 radical (unpaired) electrons. The van der Waals surface area contributed by atoms with Gasteiger partial charge in [-0.15, -0.1) is 0 Å². The number of thiazole rings is 1. The van der Waals surface area contributed by atoms with Crippen LogP contribution in [-0.4, -0.2) is 24.1 Å². The molecule has 0 saturated carbocycles. The van der Waals surface area contributed by atoms with Crippen molar-refractivity contribution in [2.24, 2.45) is 0 Å². The van der Waals surface area contributed by atoms with Crippen molar-refractivity contribution in [1.82, 2.24) is 4.98 Å². The zero-order valence-electron chi connectivity index (χ0n) is 13.5. The number of anilines is 1. The van der Waals surface area contributed by atoms with Crippen LogP contribution >= 0.6 is 11.3 Å². The van der Waals surface area contributed by atoms with E-state index in [4.69, 9.17) is 9.47 Å². The molecular formula is C18H18N2O3S. The van der Waals surface area contributed by atoms with Gasteiger partial charge in [0.1, 0.15) is 11.5 Å². The van der Waals surface area contributed by atoms with Crippen LogP contribution in [0.2, 0.25) is 0 Å². The van der Waals surface area contributed by atoms with Crippen LogP contribution in [0.25, 0.3) is 10.2 Å². The molecule has 2 aromatic carbocycles. The summed E-state index contributed by atoms with van der Waals surface area (Å²) in [7, 11) is 0. The smallest absolute Gasteiger partial charge is 0.264 e. The fourth-order valence-electron chi connectivity index (χ4n) is 2.15. The van der Waals surface area contributed by atoms with Gasteiger partial charge in [-0.2, -0.15) is 0 Å². The summed E-state index contributed by atoms with van der Waals surface area (Å²) in [5.41, 5.74) is 1.98. The van der Waals surface area contributed by atoms with Crippen molar-refractivity contribution in [2.45, 2.75) is 13.8 Å². The normalized spacial score (nSPS) is 10.6. The Bertz CT molecular complexity index is 843. The third-order valence-electron chi connectivity index (χ3n) is 3.31. The van der Waals surface area contributed by atoms with Crippen LogP contribution in [0.1, 0.15) is 12.5 Å². The molecule has 1 heterocycles. The summed E-state index contributed by atoms with van der Waals surface area (Å²) in [5, 5.41) is 3.32. The molecule has 5 nitrogen and oxygen atoms in total. The largest absolute Gasteiger partial charge is 0.494 e. The van der Waals surface area contributed by atoms with Crippen molar-refractivity contribution < 1.29 is 14.3 Å². The lowest BCUT2D eigenvalue weighted by molar-refractivity contribution is -0.118. The first-order valence-electron chi connectivity index (χ1n) is 7.67. The molecule has 0 bridgehead atoms. The number of nitrogens with one attached hydrogen (secondary N) is 1. The summed E-state index contributed by atoms with van der Waals surface area (Å²) in [6.07, 6.45) is 0. The Morgan fingerprint density at radius 3 is 2.62 bits per heavy atom. The van der Waals surface area contributed by atoms with Crippen molar-refractivity contribution in [1.29, 1.82) is 0 Å². The van der Waals surface area contributed by atoms with E-state index in [0.29, 0.717) is 17.5 Å². The summed E-state index contributed by atoms with van der Waals surface area (Å²) in [6, 6.07) is 13.3. The molecule has 1 N–H and O–H groups in total. The first-order chi connectivity index (χ1) is 11.6. The van der Waals surface area contributed by atoms with Gasteiger partial charge in [0.15, 0.2) is 11.7 Å². The van der Waals surface area contributed by atoms with Gasteiger partial charge in [0, 0.05) is 0 Å². The Labute approximate surface area is 144 Å². The molecule has 0 saturated heterocycles. The topological polar surface area (TPSA) is 60.5 Å². The lowest BCUT2D eigenvalue weighted by Crippen LogP contribution is -2.19. The number of amides is 1. The number of aryl methyl sites for hydroxylation is 1. The van der Waals surface area contributed by atoms with E-state index >= 15 is 0 Å². The summed E-state index contributed by atoms with van der Waals surface area (Å²) >= 11 is 1.41. The molecule has 0 spiro atoms. The van der Waals surface area contributed by atoms with Crippen LogP contribution < -0.4 is 14.8 Å². The van der Waals surface area contributed by atoms with Gasteiger partial charge in [0.25, 0.3) is 5.91 Å². The number of carbonyl (C=O) groups is 1. The Morgan fingerprint density at radius 2 is 1.88 bits per heavy atom. The highest BCUT2D eigenvalue weighted by molar-refractivity contribution is 7.22. The fraction of sp³-hybridized carbons (Fsp3) is 0.222. The SMILES string of the molecule is CCOc1ccc2nc(NC(=O)COc3ccc(C)cc3)sc2c1. The maximum atomic E-state index is 12.0. The van der Waals surface area contributed by atoms with Crippen molar-refractivity contribution in [3.05, 3.63) is 48.0 Å². The number of aromatic nitrogens is 1. The molecule has 0 fully saturated rings. The summed E-state index contributed by atoms with van der Waals surface area (Å²) < 4.78 is 11.9. The monoisotopic (exact) mass is 342 g/mol. The fourth-order valence-corrected chi connectivity index (χ4v) is 3.06. The highest BCUT2D eigenvalue weighted by Gasteiger charge is 2.09. The average molecular weight is 342 g/mol. The van der Waals surface area contributed by atoms with Crippen LogP contribution in [0.5, 0.6) is 11.5 Å². The van der Waals surface area contributed by atoms with E-state index in [9.17, 15) is 4.79 Å². The maximum Gasteiger partial charge on any atom is 0.264 e. The van der Waals surface area contributed by atoms with E-state index in [2.05, 4.69) is 10.3 Å². The van der Waals surface area contributed by atoms with Crippen LogP contribution in [0.3, 0.4) is 0 Å². The molecule has 0 atom stereocenters. The van der Waals surface area contributed by atoms with Crippen molar-refractivity contribution >= 4 is 32.6 Å². The number of hydrogen-bond acceptors (Lipinski definition) is 5. The Hall–Kier alpha value is -2.60. The molecule has 1 amide bonds. The first-order valence-corrected chi connectivity index (χ1v) is 8.48. The summed E-state index contributed by atoms with van der Waals surface area (Å²) in [6.45, 7) is 4.50. The Morgan fingerprint density at radius 1 is 1.12 bits per heavy atom. The molecule has 0 aliphatic heterocycles. The number of fused-ring (bicyclic) bond motifs is 1. The van der Waals surface area contributed by atoms with E-state index in [1.165, 1.54) is 11.3 Å². The molecule has 0 unspecified atom stereocenters. The minimum atomic E-state index is -0.236. The maximum absolute atomic E-state index is 12.0. The van der Waals surface area contributed by atoms with Gasteiger partial charge in [-0.3, -0.25) is 10.1 Å². The number of rotatable bonds is 6. The zero-order chi connectivity index (χ0) is 16.9. The van der Waals surface area contributed by atoms with Crippen molar-refractivity contribution in [3.63, 3.8) is 0 Å². The van der Waals surface area contributed by atoms with Crippen molar-refractivity contribution in [2.75, 3.05) is 18.5 Å². The lowest BCUT2D eigenvalue weighted by atomic mass is 10.2. The number of ether oxygens (including phenoxy) is 2. The molecular weight excluding hydrogens is 324 g/mol. The third kappa shape index (κ3) is 4.02. The zero-order valence-corrected chi connectivity index (χ0v) is 14.4. The standard InChI is InChI=1S/C18H18N2O3S/c1-3-22-14-8-9-15-16(10-14)24-18(19-15)20-17(21)11-23-13-6-4-12(2)5-7-13/h4-10H,3,11H2,1-2H3,(H,19,20,21). The minimum Gasteiger partial charge on any atom is -0.494 e. The predicted molar refractivity (Wildman–Crippen MR) is 96.1 cm³/mol. The number of hydrogen-bond donors (Lipinski definition) is 1. The number of carbonyl (C=O) groups excluding carboxylic acids is 1. The molecule has 1 aromatic heterocycles. The van der Waals surface area contributed by atoms with E-state index in [1.54, 1.807) is 0 Å². The molecule has 3 rings (SSSR count). The number of benzene rings is 2. The second-order valence-corrected chi connectivity index (χ2v) is 6.26. The van der Waals surface area contributed by atoms with Gasteiger partial charge in [0.2, 0.25) is 0 Å². The molecule has 24 heavy (non-hydrogen) atoms. The van der Waals surface area contributed by atoms with Gasteiger partial charge in [-0.05, 0) is 44.2 Å². The van der Waals surface area contributed by atoms with Gasteiger partial charge in [-0.1, -0.05) is 29.0 Å². The second kappa shape index (κ2) is 7.31. The molecule has 3 aromatic rings. The summed E-state index contributed by atoms with van der Waals surface area (Å²) in [5.74, 6) is 1.23. The van der Waals surface area contributed by atoms with E-state index < -0.39 is 0 Å². The molecule has 0 aliphatic rings. The van der Waals surface area contributed by atoms with Crippen molar-refractivity contribution in [3.8, 4) is 11.5 Å². The van der Waals surface area contributed by atoms with Gasteiger partial charge in [0.05, 0.1) is 16.8 Å². The second-order valence-electron chi connectivity index (χ2n) is 5.23. The molecule has 124 valence electrons. The Kier molecular flexibility index (Phi) is 4.96. The molecule has 0 aliphatic carbocycles.